The maximum Gasteiger partial charge on any atom is 0.328 e. The molecular weight excluding hydrogens is 492 g/mol. The van der Waals surface area contributed by atoms with Crippen molar-refractivity contribution in [2.24, 2.45) is 0 Å². The molecule has 2 aliphatic rings. The quantitative estimate of drug-likeness (QED) is 0.357. The van der Waals surface area contributed by atoms with E-state index in [0.717, 1.165) is 43.3 Å². The van der Waals surface area contributed by atoms with Crippen LogP contribution in [0.1, 0.15) is 36.7 Å². The Kier molecular flexibility index (Phi) is 4.85. The number of nitrogens with one attached hydrogen (secondary N) is 1. The molecule has 0 spiro atoms. The second-order valence-electron chi connectivity index (χ2n) is 9.18. The third-order valence-corrected chi connectivity index (χ3v) is 7.39. The van der Waals surface area contributed by atoms with E-state index in [1.54, 1.807) is 17.3 Å². The number of halogens is 1. The van der Waals surface area contributed by atoms with Crippen LogP contribution in [0.3, 0.4) is 0 Å². The lowest BCUT2D eigenvalue weighted by Gasteiger charge is -2.36. The highest BCUT2D eigenvalue weighted by molar-refractivity contribution is 9.10. The van der Waals surface area contributed by atoms with Crippen molar-refractivity contribution in [2.75, 3.05) is 0 Å². The van der Waals surface area contributed by atoms with E-state index in [0.29, 0.717) is 6.42 Å². The zero-order valence-electron chi connectivity index (χ0n) is 18.8. The molecule has 1 N–H and O–H groups in total. The first kappa shape index (κ1) is 21.1. The Morgan fingerprint density at radius 3 is 2.41 bits per heavy atom. The van der Waals surface area contributed by atoms with E-state index in [9.17, 15) is 9.59 Å². The van der Waals surface area contributed by atoms with Gasteiger partial charge in [0.15, 0.2) is 0 Å². The molecule has 2 aliphatic heterocycles. The summed E-state index contributed by atoms with van der Waals surface area (Å²) in [5.74, 6) is -0.117. The van der Waals surface area contributed by atoms with Crippen LogP contribution in [-0.2, 0) is 11.2 Å². The number of nitrogens with zero attached hydrogens (tertiary/aromatic N) is 3. The van der Waals surface area contributed by atoms with Crippen molar-refractivity contribution in [1.82, 2.24) is 19.8 Å². The van der Waals surface area contributed by atoms with Gasteiger partial charge in [-0.05, 0) is 66.4 Å². The number of aromatic nitrogens is 2. The molecule has 0 aliphatic carbocycles. The van der Waals surface area contributed by atoms with Crippen LogP contribution in [-0.4, -0.2) is 43.8 Å². The van der Waals surface area contributed by atoms with Crippen LogP contribution in [0.25, 0.3) is 22.0 Å². The Morgan fingerprint density at radius 2 is 1.71 bits per heavy atom. The van der Waals surface area contributed by atoms with E-state index in [-0.39, 0.29) is 24.0 Å². The Hall–Kier alpha value is -3.45. The molecule has 34 heavy (non-hydrogen) atoms. The maximum atomic E-state index is 13.5. The minimum absolute atomic E-state index is 0.117. The molecular formula is C27H23BrN4O2. The summed E-state index contributed by atoms with van der Waals surface area (Å²) in [5, 5.41) is 1.09. The van der Waals surface area contributed by atoms with Gasteiger partial charge in [0.1, 0.15) is 12.1 Å². The molecule has 7 heteroatoms. The van der Waals surface area contributed by atoms with Gasteiger partial charge in [-0.15, -0.1) is 0 Å². The van der Waals surface area contributed by atoms with Gasteiger partial charge >= 0.3 is 6.03 Å². The fraction of sp³-hybridized carbons (Fsp3) is 0.222. The van der Waals surface area contributed by atoms with Crippen molar-refractivity contribution in [3.63, 3.8) is 0 Å². The van der Waals surface area contributed by atoms with Crippen molar-refractivity contribution in [3.05, 3.63) is 88.3 Å². The van der Waals surface area contributed by atoms with Crippen LogP contribution < -0.4 is 0 Å². The van der Waals surface area contributed by atoms with E-state index in [2.05, 4.69) is 56.2 Å². The number of fused-ring (bicyclic) bond motifs is 4. The van der Waals surface area contributed by atoms with Gasteiger partial charge in [-0.3, -0.25) is 19.6 Å². The fourth-order valence-electron chi connectivity index (χ4n) is 5.34. The normalized spacial score (nSPS) is 19.8. The predicted molar refractivity (Wildman–Crippen MR) is 134 cm³/mol. The molecule has 1 saturated heterocycles. The minimum Gasteiger partial charge on any atom is -0.356 e. The summed E-state index contributed by atoms with van der Waals surface area (Å²) in [6.07, 6.45) is 4.06. The average molecular weight is 515 g/mol. The molecule has 3 amide bonds. The molecule has 0 radical (unpaired) electrons. The molecule has 1 fully saturated rings. The minimum atomic E-state index is -0.509. The summed E-state index contributed by atoms with van der Waals surface area (Å²) in [6.45, 7) is 3.77. The molecule has 2 unspecified atom stereocenters. The van der Waals surface area contributed by atoms with Crippen LogP contribution in [0.2, 0.25) is 0 Å². The highest BCUT2D eigenvalue weighted by Gasteiger charge is 2.53. The summed E-state index contributed by atoms with van der Waals surface area (Å²) in [4.78, 5) is 37.8. The lowest BCUT2D eigenvalue weighted by Crippen LogP contribution is -2.44. The van der Waals surface area contributed by atoms with E-state index in [4.69, 9.17) is 0 Å². The third kappa shape index (κ3) is 3.10. The number of carbonyl (C=O) groups is 2. The number of hydrogen-bond acceptors (Lipinski definition) is 3. The van der Waals surface area contributed by atoms with Crippen molar-refractivity contribution in [1.29, 1.82) is 0 Å². The number of urea groups is 1. The number of pyridine rings is 1. The molecule has 2 aromatic heterocycles. The van der Waals surface area contributed by atoms with Crippen LogP contribution in [0.4, 0.5) is 4.79 Å². The van der Waals surface area contributed by atoms with Gasteiger partial charge in [0, 0.05) is 45.9 Å². The molecule has 2 atom stereocenters. The van der Waals surface area contributed by atoms with Crippen molar-refractivity contribution in [3.8, 4) is 11.1 Å². The lowest BCUT2D eigenvalue weighted by molar-refractivity contribution is -0.129. The number of imide groups is 1. The van der Waals surface area contributed by atoms with Gasteiger partial charge < -0.3 is 4.98 Å². The summed E-state index contributed by atoms with van der Waals surface area (Å²) < 4.78 is 0.986. The topological polar surface area (TPSA) is 69.3 Å². The summed E-state index contributed by atoms with van der Waals surface area (Å²) >= 11 is 3.58. The second-order valence-corrected chi connectivity index (χ2v) is 10.1. The Labute approximate surface area is 205 Å². The van der Waals surface area contributed by atoms with Gasteiger partial charge in [-0.25, -0.2) is 4.79 Å². The van der Waals surface area contributed by atoms with Gasteiger partial charge in [-0.1, -0.05) is 40.2 Å². The third-order valence-electron chi connectivity index (χ3n) is 6.89. The Bertz CT molecular complexity index is 1430. The van der Waals surface area contributed by atoms with E-state index in [1.807, 2.05) is 38.1 Å². The van der Waals surface area contributed by atoms with E-state index in [1.165, 1.54) is 4.90 Å². The number of hydrogen-bond donors (Lipinski definition) is 1. The Morgan fingerprint density at radius 1 is 1.00 bits per heavy atom. The van der Waals surface area contributed by atoms with Crippen LogP contribution in [0.5, 0.6) is 0 Å². The number of carbonyl (C=O) groups excluding carboxylic acids is 2. The zero-order chi connectivity index (χ0) is 23.6. The molecule has 170 valence electrons. The van der Waals surface area contributed by atoms with Crippen LogP contribution in [0, 0.1) is 0 Å². The average Bonchev–Trinajstić information content (AvgIpc) is 3.32. The number of aromatic amines is 1. The second kappa shape index (κ2) is 7.81. The fourth-order valence-corrected chi connectivity index (χ4v) is 5.70. The van der Waals surface area contributed by atoms with Crippen molar-refractivity contribution < 1.29 is 9.59 Å². The van der Waals surface area contributed by atoms with Crippen LogP contribution in [0.15, 0.2) is 71.5 Å². The summed E-state index contributed by atoms with van der Waals surface area (Å²) in [6, 6.07) is 17.0. The summed E-state index contributed by atoms with van der Waals surface area (Å²) in [5.41, 5.74) is 6.22. The van der Waals surface area contributed by atoms with Gasteiger partial charge in [0.25, 0.3) is 5.91 Å². The first-order valence-corrected chi connectivity index (χ1v) is 12.2. The summed E-state index contributed by atoms with van der Waals surface area (Å²) in [7, 11) is 0. The predicted octanol–water partition coefficient (Wildman–Crippen LogP) is 5.68. The monoisotopic (exact) mass is 514 g/mol. The molecule has 0 saturated carbocycles. The van der Waals surface area contributed by atoms with Crippen molar-refractivity contribution >= 4 is 38.8 Å². The number of rotatable bonds is 3. The van der Waals surface area contributed by atoms with Gasteiger partial charge in [0.05, 0.1) is 0 Å². The SMILES string of the molecule is CC(C)N1C(=O)C2Cc3c([nH]c4ccc(Br)cc34)C(c3ccc(-c4ccncc4)cc3)N2C1=O. The maximum absolute atomic E-state index is 13.5. The van der Waals surface area contributed by atoms with E-state index >= 15 is 0 Å². The number of benzene rings is 2. The first-order valence-electron chi connectivity index (χ1n) is 11.4. The Balaban J connectivity index is 1.52. The molecule has 6 rings (SSSR count). The molecule has 0 bridgehead atoms. The highest BCUT2D eigenvalue weighted by atomic mass is 79.9. The van der Waals surface area contributed by atoms with E-state index < -0.39 is 6.04 Å². The number of H-pyrrole nitrogens is 1. The molecule has 2 aromatic carbocycles. The first-order chi connectivity index (χ1) is 16.4. The smallest absolute Gasteiger partial charge is 0.328 e. The molecule has 6 nitrogen and oxygen atoms in total. The number of amides is 3. The molecule has 4 heterocycles. The molecule has 4 aromatic rings. The lowest BCUT2D eigenvalue weighted by atomic mass is 9.88. The van der Waals surface area contributed by atoms with Crippen LogP contribution >= 0.6 is 15.9 Å². The van der Waals surface area contributed by atoms with Crippen molar-refractivity contribution in [2.45, 2.75) is 38.4 Å². The zero-order valence-corrected chi connectivity index (χ0v) is 20.4. The van der Waals surface area contributed by atoms with Gasteiger partial charge in [0.2, 0.25) is 0 Å². The largest absolute Gasteiger partial charge is 0.356 e. The highest BCUT2D eigenvalue weighted by Crippen LogP contribution is 2.45. The van der Waals surface area contributed by atoms with Gasteiger partial charge in [-0.2, -0.15) is 0 Å². The standard InChI is InChI=1S/C27H23BrN4O2/c1-15(2)31-26(33)23-14-21-20-13-19(28)7-8-22(20)30-24(21)25(32(23)27(31)34)18-5-3-16(4-6-18)17-9-11-29-12-10-17/h3-13,15,23,25,30H,14H2,1-2H3.